The van der Waals surface area contributed by atoms with Gasteiger partial charge in [-0.1, -0.05) is 24.3 Å². The number of carbonyl (C=O) groups is 2. The Bertz CT molecular complexity index is 1120. The van der Waals surface area contributed by atoms with Gasteiger partial charge in [-0.3, -0.25) is 4.79 Å². The van der Waals surface area contributed by atoms with Gasteiger partial charge in [0, 0.05) is 17.3 Å². The number of hydrogen-bond donors (Lipinski definition) is 1. The average Bonchev–Trinajstić information content (AvgIpc) is 3.20. The Morgan fingerprint density at radius 3 is 2.52 bits per heavy atom. The molecule has 0 aliphatic heterocycles. The number of carbonyl (C=O) groups excluding carboxylic acids is 2. The molecule has 2 aromatic carbocycles. The van der Waals surface area contributed by atoms with E-state index in [0.29, 0.717) is 22.8 Å². The van der Waals surface area contributed by atoms with E-state index < -0.39 is 11.9 Å². The fourth-order valence-electron chi connectivity index (χ4n) is 2.77. The van der Waals surface area contributed by atoms with Gasteiger partial charge in [0.25, 0.3) is 5.91 Å². The van der Waals surface area contributed by atoms with E-state index in [1.54, 1.807) is 54.6 Å². The number of nitrogens with one attached hydrogen (secondary N) is 1. The highest BCUT2D eigenvalue weighted by Gasteiger charge is 2.13. The minimum Gasteiger partial charge on any atom is -0.465 e. The third-order valence-corrected chi connectivity index (χ3v) is 4.22. The normalized spacial score (nSPS) is 10.9. The van der Waals surface area contributed by atoms with Gasteiger partial charge in [-0.25, -0.2) is 4.79 Å². The summed E-state index contributed by atoms with van der Waals surface area (Å²) in [6.07, 6.45) is 1.39. The van der Waals surface area contributed by atoms with E-state index in [4.69, 9.17) is 9.15 Å². The summed E-state index contributed by atoms with van der Waals surface area (Å²) in [7, 11) is 1.33. The first-order chi connectivity index (χ1) is 14.0. The number of rotatable bonds is 5. The van der Waals surface area contributed by atoms with Gasteiger partial charge in [0.1, 0.15) is 23.2 Å². The van der Waals surface area contributed by atoms with Crippen LogP contribution in [0.2, 0.25) is 0 Å². The molecule has 6 nitrogen and oxygen atoms in total. The maximum atomic E-state index is 12.3. The number of aryl methyl sites for hydroxylation is 1. The van der Waals surface area contributed by atoms with Gasteiger partial charge < -0.3 is 14.5 Å². The van der Waals surface area contributed by atoms with E-state index >= 15 is 0 Å². The highest BCUT2D eigenvalue weighted by Crippen LogP contribution is 2.27. The number of esters is 1. The Balaban J connectivity index is 1.82. The molecule has 3 aromatic rings. The van der Waals surface area contributed by atoms with Crippen LogP contribution in [-0.2, 0) is 9.53 Å². The van der Waals surface area contributed by atoms with E-state index in [9.17, 15) is 14.9 Å². The van der Waals surface area contributed by atoms with Crippen LogP contribution in [-0.4, -0.2) is 19.0 Å². The summed E-state index contributed by atoms with van der Waals surface area (Å²) in [5, 5.41) is 12.0. The minimum atomic E-state index is -0.518. The van der Waals surface area contributed by atoms with Crippen molar-refractivity contribution in [3.05, 3.63) is 83.1 Å². The van der Waals surface area contributed by atoms with Crippen molar-refractivity contribution >= 4 is 23.6 Å². The monoisotopic (exact) mass is 386 g/mol. The fourth-order valence-corrected chi connectivity index (χ4v) is 2.77. The highest BCUT2D eigenvalue weighted by molar-refractivity contribution is 6.09. The molecule has 3 rings (SSSR count). The summed E-state index contributed by atoms with van der Waals surface area (Å²) in [5.74, 6) is 0.00296. The molecule has 0 saturated heterocycles. The number of hydrogen-bond acceptors (Lipinski definition) is 5. The molecule has 0 saturated carbocycles. The molecule has 1 aromatic heterocycles. The van der Waals surface area contributed by atoms with Gasteiger partial charge in [0.15, 0.2) is 0 Å². The third kappa shape index (κ3) is 4.60. The highest BCUT2D eigenvalue weighted by atomic mass is 16.5. The topological polar surface area (TPSA) is 92.3 Å². The number of benzene rings is 2. The molecule has 1 heterocycles. The van der Waals surface area contributed by atoms with Crippen LogP contribution < -0.4 is 5.32 Å². The third-order valence-electron chi connectivity index (χ3n) is 4.22. The Hall–Kier alpha value is -4.11. The first-order valence-electron chi connectivity index (χ1n) is 8.79. The van der Waals surface area contributed by atoms with Gasteiger partial charge in [-0.2, -0.15) is 5.26 Å². The van der Waals surface area contributed by atoms with E-state index in [1.807, 2.05) is 19.1 Å². The number of anilines is 1. The second-order valence-electron chi connectivity index (χ2n) is 6.21. The fraction of sp³-hybridized carbons (Fsp3) is 0.0870. The molecule has 0 atom stereocenters. The lowest BCUT2D eigenvalue weighted by Gasteiger charge is -2.05. The van der Waals surface area contributed by atoms with Crippen LogP contribution in [0, 0.1) is 18.3 Å². The zero-order chi connectivity index (χ0) is 20.8. The molecule has 0 fully saturated rings. The number of para-hydroxylation sites is 1. The Morgan fingerprint density at radius 2 is 1.86 bits per heavy atom. The van der Waals surface area contributed by atoms with Crippen molar-refractivity contribution in [2.75, 3.05) is 12.4 Å². The molecule has 0 spiro atoms. The summed E-state index contributed by atoms with van der Waals surface area (Å²) in [5.41, 5.74) is 2.60. The Kier molecular flexibility index (Phi) is 5.91. The maximum absolute atomic E-state index is 12.3. The van der Waals surface area contributed by atoms with Gasteiger partial charge in [-0.05, 0) is 48.9 Å². The SMILES string of the molecule is COC(=O)c1ccc(-c2ccc(/C=C(\C#N)C(=O)Nc3ccccc3)o2)c(C)c1. The van der Waals surface area contributed by atoms with E-state index in [0.717, 1.165) is 11.1 Å². The number of methoxy groups -OCH3 is 1. The number of nitrogens with zero attached hydrogens (tertiary/aromatic N) is 1. The number of amides is 1. The van der Waals surface area contributed by atoms with Crippen molar-refractivity contribution < 1.29 is 18.7 Å². The Labute approximate surface area is 168 Å². The van der Waals surface area contributed by atoms with E-state index in [-0.39, 0.29) is 5.57 Å². The van der Waals surface area contributed by atoms with Gasteiger partial charge in [0.2, 0.25) is 0 Å². The molecule has 6 heteroatoms. The summed E-state index contributed by atoms with van der Waals surface area (Å²) in [6, 6.07) is 19.3. The largest absolute Gasteiger partial charge is 0.465 e. The van der Waals surface area contributed by atoms with Crippen molar-refractivity contribution in [2.45, 2.75) is 6.92 Å². The van der Waals surface area contributed by atoms with Crippen molar-refractivity contribution in [3.63, 3.8) is 0 Å². The minimum absolute atomic E-state index is 0.0764. The van der Waals surface area contributed by atoms with Gasteiger partial charge >= 0.3 is 5.97 Å². The zero-order valence-corrected chi connectivity index (χ0v) is 15.9. The predicted octanol–water partition coefficient (Wildman–Crippen LogP) is 4.59. The van der Waals surface area contributed by atoms with Crippen LogP contribution >= 0.6 is 0 Å². The van der Waals surface area contributed by atoms with Crippen LogP contribution in [0.3, 0.4) is 0 Å². The van der Waals surface area contributed by atoms with Crippen molar-refractivity contribution in [1.29, 1.82) is 5.26 Å². The molecule has 1 amide bonds. The summed E-state index contributed by atoms with van der Waals surface area (Å²) >= 11 is 0. The standard InChI is InChI=1S/C23H18N2O4/c1-15-12-16(23(27)28-2)8-10-20(15)21-11-9-19(29-21)13-17(14-24)22(26)25-18-6-4-3-5-7-18/h3-13H,1-2H3,(H,25,26)/b17-13+. The van der Waals surface area contributed by atoms with Crippen LogP contribution in [0.1, 0.15) is 21.7 Å². The first kappa shape index (κ1) is 19.6. The summed E-state index contributed by atoms with van der Waals surface area (Å²) < 4.78 is 10.5. The summed E-state index contributed by atoms with van der Waals surface area (Å²) in [6.45, 7) is 1.85. The number of nitriles is 1. The van der Waals surface area contributed by atoms with Crippen LogP contribution in [0.15, 0.2) is 70.7 Å². The van der Waals surface area contributed by atoms with Gasteiger partial charge in [0.05, 0.1) is 12.7 Å². The lowest BCUT2D eigenvalue weighted by atomic mass is 10.0. The molecular formula is C23H18N2O4. The molecule has 0 unspecified atom stereocenters. The molecule has 144 valence electrons. The van der Waals surface area contributed by atoms with Crippen molar-refractivity contribution in [1.82, 2.24) is 0 Å². The van der Waals surface area contributed by atoms with Crippen molar-refractivity contribution in [3.8, 4) is 17.4 Å². The second kappa shape index (κ2) is 8.72. The zero-order valence-electron chi connectivity index (χ0n) is 15.9. The first-order valence-corrected chi connectivity index (χ1v) is 8.79. The molecule has 1 N–H and O–H groups in total. The van der Waals surface area contributed by atoms with Crippen molar-refractivity contribution in [2.24, 2.45) is 0 Å². The molecule has 0 aliphatic rings. The molecular weight excluding hydrogens is 368 g/mol. The quantitative estimate of drug-likeness (QED) is 0.393. The van der Waals surface area contributed by atoms with Gasteiger partial charge in [-0.15, -0.1) is 0 Å². The van der Waals surface area contributed by atoms with Crippen LogP contribution in [0.25, 0.3) is 17.4 Å². The van der Waals surface area contributed by atoms with E-state index in [1.165, 1.54) is 13.2 Å². The smallest absolute Gasteiger partial charge is 0.337 e. The van der Waals surface area contributed by atoms with Crippen LogP contribution in [0.4, 0.5) is 5.69 Å². The predicted molar refractivity (Wildman–Crippen MR) is 109 cm³/mol. The average molecular weight is 386 g/mol. The van der Waals surface area contributed by atoms with Crippen LogP contribution in [0.5, 0.6) is 0 Å². The van der Waals surface area contributed by atoms with E-state index in [2.05, 4.69) is 5.32 Å². The molecule has 29 heavy (non-hydrogen) atoms. The maximum Gasteiger partial charge on any atom is 0.337 e. The molecule has 0 aliphatic carbocycles. The molecule has 0 radical (unpaired) electrons. The molecule has 0 bridgehead atoms. The Morgan fingerprint density at radius 1 is 1.10 bits per heavy atom. The lowest BCUT2D eigenvalue weighted by Crippen LogP contribution is -2.13. The number of ether oxygens (including phenoxy) is 1. The lowest BCUT2D eigenvalue weighted by molar-refractivity contribution is -0.112. The second-order valence-corrected chi connectivity index (χ2v) is 6.21. The summed E-state index contributed by atoms with van der Waals surface area (Å²) in [4.78, 5) is 24.0. The number of furan rings is 1.